The van der Waals surface area contributed by atoms with Gasteiger partial charge in [-0.15, -0.1) is 10.2 Å². The van der Waals surface area contributed by atoms with Crippen LogP contribution in [0.3, 0.4) is 0 Å². The molecule has 0 N–H and O–H groups in total. The van der Waals surface area contributed by atoms with Crippen LogP contribution in [0.2, 0.25) is 0 Å². The minimum absolute atomic E-state index is 0.0393. The Bertz CT molecular complexity index is 1110. The number of hydrogen-bond acceptors (Lipinski definition) is 5. The van der Waals surface area contributed by atoms with E-state index in [4.69, 9.17) is 0 Å². The van der Waals surface area contributed by atoms with Gasteiger partial charge in [-0.25, -0.2) is 0 Å². The topological polar surface area (TPSA) is 52.6 Å². The first-order chi connectivity index (χ1) is 17.2. The number of aryl methyl sites for hydroxylation is 1. The Morgan fingerprint density at radius 2 is 1.66 bits per heavy atom. The van der Waals surface area contributed by atoms with Crippen LogP contribution in [0, 0.1) is 12.8 Å². The van der Waals surface area contributed by atoms with Crippen LogP contribution in [0.1, 0.15) is 24.0 Å². The minimum Gasteiger partial charge on any atom is -0.354 e. The highest BCUT2D eigenvalue weighted by atomic mass is 16.2. The van der Waals surface area contributed by atoms with Crippen LogP contribution in [-0.4, -0.2) is 71.7 Å². The van der Waals surface area contributed by atoms with Gasteiger partial charge in [0.25, 0.3) is 0 Å². The summed E-state index contributed by atoms with van der Waals surface area (Å²) in [5.41, 5.74) is 4.57. The summed E-state index contributed by atoms with van der Waals surface area (Å²) in [6.45, 7) is 8.38. The van der Waals surface area contributed by atoms with Crippen LogP contribution in [0.4, 0.5) is 5.82 Å². The third-order valence-electron chi connectivity index (χ3n) is 7.41. The molecule has 2 aliphatic heterocycles. The molecular weight excluding hydrogens is 434 g/mol. The van der Waals surface area contributed by atoms with Crippen LogP contribution < -0.4 is 4.90 Å². The molecule has 2 aliphatic rings. The second-order valence-electron chi connectivity index (χ2n) is 9.78. The molecule has 0 bridgehead atoms. The van der Waals surface area contributed by atoms with Gasteiger partial charge in [0, 0.05) is 51.4 Å². The quantitative estimate of drug-likeness (QED) is 0.545. The van der Waals surface area contributed by atoms with Crippen LogP contribution >= 0.6 is 0 Å². The summed E-state index contributed by atoms with van der Waals surface area (Å²) in [4.78, 5) is 20.1. The molecule has 0 radical (unpaired) electrons. The predicted molar refractivity (Wildman–Crippen MR) is 140 cm³/mol. The second-order valence-corrected chi connectivity index (χ2v) is 9.78. The average molecular weight is 470 g/mol. The van der Waals surface area contributed by atoms with E-state index in [1.54, 1.807) is 0 Å². The van der Waals surface area contributed by atoms with Crippen molar-refractivity contribution < 1.29 is 4.79 Å². The number of piperazine rings is 1. The monoisotopic (exact) mass is 469 g/mol. The molecule has 3 heterocycles. The van der Waals surface area contributed by atoms with Gasteiger partial charge >= 0.3 is 0 Å². The van der Waals surface area contributed by atoms with E-state index in [0.29, 0.717) is 5.91 Å². The first kappa shape index (κ1) is 23.5. The van der Waals surface area contributed by atoms with E-state index >= 15 is 0 Å². The van der Waals surface area contributed by atoms with Gasteiger partial charge in [-0.3, -0.25) is 9.69 Å². The normalized spacial score (nSPS) is 19.1. The highest BCUT2D eigenvalue weighted by Gasteiger charge is 2.31. The standard InChI is InChI=1S/C29H35N5O/c1-23-8-5-6-12-26(23)27-13-14-28(31-30-27)34-16-7-11-25(22-34)29(35)33-20-18-32(19-21-33)17-15-24-9-3-2-4-10-24/h2-6,8-10,12-14,25H,7,11,15-22H2,1H3. The van der Waals surface area contributed by atoms with Crippen LogP contribution in [0.25, 0.3) is 11.3 Å². The van der Waals surface area contributed by atoms with Crippen molar-refractivity contribution in [3.63, 3.8) is 0 Å². The number of rotatable bonds is 6. The average Bonchev–Trinajstić information content (AvgIpc) is 2.93. The zero-order valence-electron chi connectivity index (χ0n) is 20.6. The molecule has 2 aromatic carbocycles. The zero-order chi connectivity index (χ0) is 24.0. The number of carbonyl (C=O) groups is 1. The van der Waals surface area contributed by atoms with Crippen molar-refractivity contribution in [1.29, 1.82) is 0 Å². The molecule has 35 heavy (non-hydrogen) atoms. The SMILES string of the molecule is Cc1ccccc1-c1ccc(N2CCCC(C(=O)N3CCN(CCc4ccccc4)CC3)C2)nn1. The van der Waals surface area contributed by atoms with Gasteiger partial charge in [0.1, 0.15) is 0 Å². The molecule has 0 aliphatic carbocycles. The van der Waals surface area contributed by atoms with Gasteiger partial charge in [-0.05, 0) is 49.4 Å². The maximum absolute atomic E-state index is 13.3. The number of piperidine rings is 1. The molecule has 0 spiro atoms. The maximum Gasteiger partial charge on any atom is 0.227 e. The number of amides is 1. The molecule has 0 saturated carbocycles. The van der Waals surface area contributed by atoms with E-state index in [2.05, 4.69) is 74.3 Å². The van der Waals surface area contributed by atoms with Crippen molar-refractivity contribution in [2.24, 2.45) is 5.92 Å². The largest absolute Gasteiger partial charge is 0.354 e. The Labute approximate surface area is 208 Å². The van der Waals surface area contributed by atoms with Crippen molar-refractivity contribution >= 4 is 11.7 Å². The Hall–Kier alpha value is -3.25. The van der Waals surface area contributed by atoms with Gasteiger partial charge < -0.3 is 9.80 Å². The highest BCUT2D eigenvalue weighted by Crippen LogP contribution is 2.26. The van der Waals surface area contributed by atoms with E-state index in [1.807, 2.05) is 24.3 Å². The lowest BCUT2D eigenvalue weighted by molar-refractivity contribution is -0.137. The number of benzene rings is 2. The van der Waals surface area contributed by atoms with Crippen LogP contribution in [-0.2, 0) is 11.2 Å². The summed E-state index contributed by atoms with van der Waals surface area (Å²) in [7, 11) is 0. The van der Waals surface area contributed by atoms with Gasteiger partial charge in [0.15, 0.2) is 5.82 Å². The molecule has 2 saturated heterocycles. The van der Waals surface area contributed by atoms with E-state index in [1.165, 1.54) is 11.1 Å². The van der Waals surface area contributed by atoms with Crippen molar-refractivity contribution in [2.45, 2.75) is 26.2 Å². The number of anilines is 1. The van der Waals surface area contributed by atoms with Gasteiger partial charge in [0.2, 0.25) is 5.91 Å². The third kappa shape index (κ3) is 5.70. The van der Waals surface area contributed by atoms with Crippen LogP contribution in [0.15, 0.2) is 66.7 Å². The van der Waals surface area contributed by atoms with E-state index in [0.717, 1.165) is 82.2 Å². The molecule has 6 nitrogen and oxygen atoms in total. The van der Waals surface area contributed by atoms with E-state index in [-0.39, 0.29) is 5.92 Å². The van der Waals surface area contributed by atoms with E-state index < -0.39 is 0 Å². The number of nitrogens with zero attached hydrogens (tertiary/aromatic N) is 5. The summed E-state index contributed by atoms with van der Waals surface area (Å²) < 4.78 is 0. The van der Waals surface area contributed by atoms with Gasteiger partial charge in [-0.2, -0.15) is 0 Å². The Morgan fingerprint density at radius 1 is 0.886 bits per heavy atom. The first-order valence-corrected chi connectivity index (χ1v) is 12.9. The summed E-state index contributed by atoms with van der Waals surface area (Å²) in [6.07, 6.45) is 3.03. The summed E-state index contributed by atoms with van der Waals surface area (Å²) in [6, 6.07) is 23.0. The molecule has 1 aromatic heterocycles. The van der Waals surface area contributed by atoms with Gasteiger partial charge in [-0.1, -0.05) is 54.6 Å². The number of carbonyl (C=O) groups excluding carboxylic acids is 1. The third-order valence-corrected chi connectivity index (χ3v) is 7.41. The van der Waals surface area contributed by atoms with Crippen molar-refractivity contribution in [2.75, 3.05) is 50.7 Å². The van der Waals surface area contributed by atoms with Gasteiger partial charge in [0.05, 0.1) is 11.6 Å². The highest BCUT2D eigenvalue weighted by molar-refractivity contribution is 5.80. The Kier molecular flexibility index (Phi) is 7.38. The molecule has 6 heteroatoms. The number of hydrogen-bond donors (Lipinski definition) is 0. The van der Waals surface area contributed by atoms with Crippen molar-refractivity contribution in [1.82, 2.24) is 20.0 Å². The lowest BCUT2D eigenvalue weighted by atomic mass is 9.96. The molecule has 1 atom stereocenters. The molecule has 2 fully saturated rings. The Balaban J connectivity index is 1.14. The molecule has 1 amide bonds. The first-order valence-electron chi connectivity index (χ1n) is 12.9. The molecular formula is C29H35N5O. The zero-order valence-corrected chi connectivity index (χ0v) is 20.6. The second kappa shape index (κ2) is 11.0. The van der Waals surface area contributed by atoms with Crippen LogP contribution in [0.5, 0.6) is 0 Å². The van der Waals surface area contributed by atoms with Crippen molar-refractivity contribution in [3.05, 3.63) is 77.9 Å². The number of aromatic nitrogens is 2. The summed E-state index contributed by atoms with van der Waals surface area (Å²) in [5.74, 6) is 1.21. The lowest BCUT2D eigenvalue weighted by Crippen LogP contribution is -2.52. The molecule has 3 aromatic rings. The predicted octanol–water partition coefficient (Wildman–Crippen LogP) is 4.06. The lowest BCUT2D eigenvalue weighted by Gasteiger charge is -2.39. The summed E-state index contributed by atoms with van der Waals surface area (Å²) in [5, 5.41) is 9.03. The smallest absolute Gasteiger partial charge is 0.227 e. The Morgan fingerprint density at radius 3 is 2.40 bits per heavy atom. The fraction of sp³-hybridized carbons (Fsp3) is 0.414. The fourth-order valence-corrected chi connectivity index (χ4v) is 5.27. The maximum atomic E-state index is 13.3. The van der Waals surface area contributed by atoms with E-state index in [9.17, 15) is 4.79 Å². The molecule has 1 unspecified atom stereocenters. The van der Waals surface area contributed by atoms with Crippen molar-refractivity contribution in [3.8, 4) is 11.3 Å². The molecule has 182 valence electrons. The molecule has 5 rings (SSSR count). The summed E-state index contributed by atoms with van der Waals surface area (Å²) >= 11 is 0. The fourth-order valence-electron chi connectivity index (χ4n) is 5.27. The minimum atomic E-state index is 0.0393.